The number of fused-ring (bicyclic) bond motifs is 3. The van der Waals surface area contributed by atoms with Crippen LogP contribution in [-0.4, -0.2) is 64.5 Å². The number of halogens is 1. The van der Waals surface area contributed by atoms with Gasteiger partial charge >= 0.3 is 5.97 Å². The van der Waals surface area contributed by atoms with Gasteiger partial charge in [0.2, 0.25) is 0 Å². The molecule has 2 heterocycles. The van der Waals surface area contributed by atoms with E-state index in [-0.39, 0.29) is 5.78 Å². The maximum absolute atomic E-state index is 13.6. The van der Waals surface area contributed by atoms with E-state index in [2.05, 4.69) is 33.7 Å². The van der Waals surface area contributed by atoms with Crippen LogP contribution in [0.1, 0.15) is 54.2 Å². The van der Waals surface area contributed by atoms with Crippen LogP contribution in [0.25, 0.3) is 21.8 Å². The van der Waals surface area contributed by atoms with Crippen LogP contribution >= 0.6 is 23.4 Å². The van der Waals surface area contributed by atoms with E-state index in [9.17, 15) is 9.59 Å². The number of ketones is 1. The highest BCUT2D eigenvalue weighted by Crippen LogP contribution is 2.32. The van der Waals surface area contributed by atoms with Crippen molar-refractivity contribution in [3.05, 3.63) is 112 Å². The van der Waals surface area contributed by atoms with Crippen LogP contribution in [0.15, 0.2) is 95.0 Å². The molecule has 0 bridgehead atoms. The first-order valence-corrected chi connectivity index (χ1v) is 17.7. The number of hydrogen-bond acceptors (Lipinski definition) is 7. The predicted molar refractivity (Wildman–Crippen MR) is 196 cm³/mol. The Morgan fingerprint density at radius 3 is 2.23 bits per heavy atom. The molecule has 0 atom stereocenters. The number of nitrogens with zero attached hydrogens (tertiary/aromatic N) is 3. The molecule has 5 aromatic rings. The van der Waals surface area contributed by atoms with Gasteiger partial charge in [-0.25, -0.2) is 4.79 Å². The second kappa shape index (κ2) is 14.7. The third kappa shape index (κ3) is 7.08. The quantitative estimate of drug-likeness (QED) is 0.0457. The Morgan fingerprint density at radius 1 is 0.917 bits per heavy atom. The number of aromatic nitrogens is 1. The minimum absolute atomic E-state index is 0.000163. The molecule has 0 radical (unpaired) electrons. The van der Waals surface area contributed by atoms with E-state index < -0.39 is 11.5 Å². The molecule has 4 aromatic carbocycles. The fourth-order valence-electron chi connectivity index (χ4n) is 6.25. The second-order valence-corrected chi connectivity index (χ2v) is 14.1. The molecule has 1 aromatic heterocycles. The van der Waals surface area contributed by atoms with Crippen molar-refractivity contribution >= 4 is 62.6 Å². The molecule has 9 heteroatoms. The number of benzene rings is 4. The first-order chi connectivity index (χ1) is 23.2. The van der Waals surface area contributed by atoms with E-state index in [0.29, 0.717) is 60.3 Å². The second-order valence-electron chi connectivity index (χ2n) is 12.5. The smallest absolute Gasteiger partial charge is 0.354 e. The lowest BCUT2D eigenvalue weighted by Gasteiger charge is -2.37. The zero-order valence-corrected chi connectivity index (χ0v) is 29.4. The highest BCUT2D eigenvalue weighted by Gasteiger charge is 2.37. The van der Waals surface area contributed by atoms with Gasteiger partial charge in [0, 0.05) is 80.2 Å². The predicted octanol–water partition coefficient (Wildman–Crippen LogP) is 8.55. The molecule has 248 valence electrons. The molecule has 0 unspecified atom stereocenters. The lowest BCUT2D eigenvalue weighted by atomic mass is 9.97. The fourth-order valence-corrected chi connectivity index (χ4v) is 7.23. The third-order valence-electron chi connectivity index (χ3n) is 9.13. The molecule has 48 heavy (non-hydrogen) atoms. The largest absolute Gasteiger partial charge is 0.379 e. The number of morpholine rings is 1. The van der Waals surface area contributed by atoms with Gasteiger partial charge in [-0.05, 0) is 87.9 Å². The Hall–Kier alpha value is -3.95. The average molecular weight is 682 g/mol. The number of aryl methyl sites for hydroxylation is 2. The third-order valence-corrected chi connectivity index (χ3v) is 10.4. The van der Waals surface area contributed by atoms with Crippen LogP contribution < -0.4 is 0 Å². The summed E-state index contributed by atoms with van der Waals surface area (Å²) < 4.78 is 7.75. The SMILES string of the molecule is CCn1c2ccc(C(=O)c3ccccc3C)cc2c2cc(/C(CCSc3ccc(Cl)cc3)=N/OC(=O)C(C)(C)N3CCOCC3)ccc21. The van der Waals surface area contributed by atoms with E-state index in [1.165, 1.54) is 0 Å². The summed E-state index contributed by atoms with van der Waals surface area (Å²) in [6, 6.07) is 27.6. The van der Waals surface area contributed by atoms with Gasteiger partial charge in [-0.15, -0.1) is 11.8 Å². The van der Waals surface area contributed by atoms with E-state index in [4.69, 9.17) is 21.2 Å². The van der Waals surface area contributed by atoms with Gasteiger partial charge in [0.25, 0.3) is 0 Å². The Labute approximate surface area is 290 Å². The molecule has 0 aliphatic carbocycles. The number of carbonyl (C=O) groups excluding carboxylic acids is 2. The summed E-state index contributed by atoms with van der Waals surface area (Å²) in [6.07, 6.45) is 0.563. The van der Waals surface area contributed by atoms with Crippen molar-refractivity contribution in [2.24, 2.45) is 5.16 Å². The van der Waals surface area contributed by atoms with Crippen molar-refractivity contribution in [2.45, 2.75) is 51.1 Å². The molecule has 1 aliphatic rings. The van der Waals surface area contributed by atoms with Crippen molar-refractivity contribution in [2.75, 3.05) is 32.1 Å². The standard InChI is InChI=1S/C39H40ClN3O4S/c1-5-43-35-16-10-27(24-32(35)33-25-28(11-17-36(33)43)37(44)31-9-7-6-8-26(31)2)34(18-23-48-30-14-12-29(40)13-15-30)41-47-38(45)39(3,4)42-19-21-46-22-20-42/h6-17,24-25H,5,18-23H2,1-4H3/b41-34+. The van der Waals surface area contributed by atoms with Gasteiger partial charge in [0.05, 0.1) is 18.9 Å². The van der Waals surface area contributed by atoms with Crippen LogP contribution in [-0.2, 0) is 20.9 Å². The Kier molecular flexibility index (Phi) is 10.4. The average Bonchev–Trinajstić information content (AvgIpc) is 3.42. The summed E-state index contributed by atoms with van der Waals surface area (Å²) in [4.78, 5) is 35.9. The Morgan fingerprint density at radius 2 is 1.56 bits per heavy atom. The van der Waals surface area contributed by atoms with Crippen molar-refractivity contribution < 1.29 is 19.2 Å². The van der Waals surface area contributed by atoms with Crippen molar-refractivity contribution in [3.8, 4) is 0 Å². The number of ether oxygens (including phenoxy) is 1. The molecule has 1 saturated heterocycles. The molecule has 1 aliphatic heterocycles. The van der Waals surface area contributed by atoms with E-state index in [0.717, 1.165) is 44.4 Å². The van der Waals surface area contributed by atoms with Crippen LogP contribution in [0.5, 0.6) is 0 Å². The van der Waals surface area contributed by atoms with Crippen LogP contribution in [0, 0.1) is 6.92 Å². The van der Waals surface area contributed by atoms with Crippen molar-refractivity contribution in [1.82, 2.24) is 9.47 Å². The van der Waals surface area contributed by atoms with Crippen LogP contribution in [0.2, 0.25) is 5.02 Å². The topological polar surface area (TPSA) is 73.1 Å². The van der Waals surface area contributed by atoms with Crippen molar-refractivity contribution in [3.63, 3.8) is 0 Å². The number of carbonyl (C=O) groups is 2. The van der Waals surface area contributed by atoms with Gasteiger partial charge in [0.1, 0.15) is 5.54 Å². The van der Waals surface area contributed by atoms with Gasteiger partial charge in [-0.3, -0.25) is 9.69 Å². The van der Waals surface area contributed by atoms with Gasteiger partial charge in [0.15, 0.2) is 5.78 Å². The van der Waals surface area contributed by atoms with Crippen LogP contribution in [0.4, 0.5) is 0 Å². The Bertz CT molecular complexity index is 1990. The summed E-state index contributed by atoms with van der Waals surface area (Å²) in [5, 5.41) is 7.23. The highest BCUT2D eigenvalue weighted by atomic mass is 35.5. The van der Waals surface area contributed by atoms with E-state index >= 15 is 0 Å². The minimum Gasteiger partial charge on any atom is -0.379 e. The fraction of sp³-hybridized carbons (Fsp3) is 0.308. The molecule has 1 fully saturated rings. The molecule has 0 amide bonds. The number of rotatable bonds is 11. The number of thioether (sulfide) groups is 1. The zero-order valence-electron chi connectivity index (χ0n) is 27.8. The Balaban J connectivity index is 1.36. The number of oxime groups is 1. The molecule has 6 rings (SSSR count). The minimum atomic E-state index is -0.852. The van der Waals surface area contributed by atoms with Gasteiger partial charge in [-0.2, -0.15) is 0 Å². The highest BCUT2D eigenvalue weighted by molar-refractivity contribution is 7.99. The lowest BCUT2D eigenvalue weighted by molar-refractivity contribution is -0.159. The molecule has 7 nitrogen and oxygen atoms in total. The van der Waals surface area contributed by atoms with E-state index in [1.807, 2.05) is 93.6 Å². The summed E-state index contributed by atoms with van der Waals surface area (Å²) >= 11 is 7.79. The van der Waals surface area contributed by atoms with Crippen LogP contribution in [0.3, 0.4) is 0 Å². The zero-order chi connectivity index (χ0) is 33.8. The van der Waals surface area contributed by atoms with Gasteiger partial charge in [-0.1, -0.05) is 47.1 Å². The molecular formula is C39H40ClN3O4S. The van der Waals surface area contributed by atoms with E-state index in [1.54, 1.807) is 11.8 Å². The first kappa shape index (κ1) is 33.9. The van der Waals surface area contributed by atoms with Crippen molar-refractivity contribution in [1.29, 1.82) is 0 Å². The molecule has 0 spiro atoms. The normalized spacial score (nSPS) is 14.5. The molecular weight excluding hydrogens is 642 g/mol. The lowest BCUT2D eigenvalue weighted by Crippen LogP contribution is -2.54. The van der Waals surface area contributed by atoms with Gasteiger partial charge < -0.3 is 14.1 Å². The molecule has 0 N–H and O–H groups in total. The summed E-state index contributed by atoms with van der Waals surface area (Å²) in [6.45, 7) is 11.1. The number of hydrogen-bond donors (Lipinski definition) is 0. The maximum Gasteiger partial charge on any atom is 0.354 e. The monoisotopic (exact) mass is 681 g/mol. The maximum atomic E-state index is 13.6. The summed E-state index contributed by atoms with van der Waals surface area (Å²) in [5.74, 6) is 0.310. The summed E-state index contributed by atoms with van der Waals surface area (Å²) in [7, 11) is 0. The first-order valence-electron chi connectivity index (χ1n) is 16.3. The summed E-state index contributed by atoms with van der Waals surface area (Å²) in [5.41, 5.74) is 5.10. The molecule has 0 saturated carbocycles.